The van der Waals surface area contributed by atoms with E-state index in [1.807, 2.05) is 18.7 Å². The number of carbonyl (C=O) groups excluding carboxylic acids is 1. The molecule has 1 amide bonds. The molecule has 3 rings (SSSR count). The third-order valence-corrected chi connectivity index (χ3v) is 5.21. The maximum atomic E-state index is 13.1. The molecule has 2 fully saturated rings. The lowest BCUT2D eigenvalue weighted by Gasteiger charge is -2.43. The van der Waals surface area contributed by atoms with Crippen LogP contribution in [0, 0.1) is 6.92 Å². The number of amides is 1. The first-order chi connectivity index (χ1) is 11.8. The Kier molecular flexibility index (Phi) is 5.46. The van der Waals surface area contributed by atoms with Crippen molar-refractivity contribution in [2.75, 3.05) is 44.2 Å². The molecule has 2 aliphatic heterocycles. The van der Waals surface area contributed by atoms with Crippen LogP contribution in [0.15, 0.2) is 24.3 Å². The van der Waals surface area contributed by atoms with Gasteiger partial charge in [-0.25, -0.2) is 0 Å². The molecule has 1 aromatic rings. The van der Waals surface area contributed by atoms with Crippen molar-refractivity contribution in [3.63, 3.8) is 0 Å². The lowest BCUT2D eigenvalue weighted by molar-refractivity contribution is -0.126. The van der Waals surface area contributed by atoms with Crippen LogP contribution in [0.3, 0.4) is 0 Å². The summed E-state index contributed by atoms with van der Waals surface area (Å²) in [6, 6.07) is 8.25. The van der Waals surface area contributed by atoms with E-state index in [1.165, 1.54) is 5.56 Å². The zero-order chi connectivity index (χ0) is 18.0. The predicted molar refractivity (Wildman–Crippen MR) is 101 cm³/mol. The molecule has 2 aliphatic rings. The Morgan fingerprint density at radius 3 is 2.32 bits per heavy atom. The number of carbonyl (C=O) groups is 1. The van der Waals surface area contributed by atoms with Crippen molar-refractivity contribution < 1.29 is 9.90 Å². The van der Waals surface area contributed by atoms with E-state index in [0.29, 0.717) is 6.54 Å². The van der Waals surface area contributed by atoms with Gasteiger partial charge in [-0.15, -0.1) is 0 Å². The molecule has 1 N–H and O–H groups in total. The number of aliphatic hydroxyl groups is 1. The normalized spacial score (nSPS) is 23.9. The number of rotatable bonds is 4. The molecule has 0 aliphatic carbocycles. The van der Waals surface area contributed by atoms with Crippen molar-refractivity contribution in [3.8, 4) is 0 Å². The highest BCUT2D eigenvalue weighted by molar-refractivity contribution is 5.97. The van der Waals surface area contributed by atoms with Crippen molar-refractivity contribution in [1.82, 2.24) is 9.80 Å². The van der Waals surface area contributed by atoms with Gasteiger partial charge in [0.05, 0.1) is 11.6 Å². The van der Waals surface area contributed by atoms with Crippen molar-refractivity contribution in [1.29, 1.82) is 0 Å². The molecule has 1 atom stereocenters. The first-order valence-electron chi connectivity index (χ1n) is 9.40. The second-order valence-corrected chi connectivity index (χ2v) is 8.11. The van der Waals surface area contributed by atoms with Gasteiger partial charge in [0.15, 0.2) is 0 Å². The molecule has 5 heteroatoms. The van der Waals surface area contributed by atoms with E-state index in [9.17, 15) is 9.90 Å². The quantitative estimate of drug-likeness (QED) is 0.905. The summed E-state index contributed by atoms with van der Waals surface area (Å²) in [5.41, 5.74) is 1.57. The molecule has 0 aromatic heterocycles. The van der Waals surface area contributed by atoms with Gasteiger partial charge in [-0.05, 0) is 45.7 Å². The number of hydrogen-bond acceptors (Lipinski definition) is 4. The van der Waals surface area contributed by atoms with E-state index >= 15 is 0 Å². The number of benzene rings is 1. The van der Waals surface area contributed by atoms with E-state index in [0.717, 1.165) is 51.3 Å². The van der Waals surface area contributed by atoms with Gasteiger partial charge in [0.2, 0.25) is 5.91 Å². The zero-order valence-electron chi connectivity index (χ0n) is 15.7. The number of piperidine rings is 1. The average molecular weight is 345 g/mol. The summed E-state index contributed by atoms with van der Waals surface area (Å²) in [6.07, 6.45) is 2.00. The summed E-state index contributed by atoms with van der Waals surface area (Å²) in [5.74, 6) is 0.242. The summed E-state index contributed by atoms with van der Waals surface area (Å²) in [4.78, 5) is 19.6. The topological polar surface area (TPSA) is 47.0 Å². The van der Waals surface area contributed by atoms with E-state index in [1.54, 1.807) is 0 Å². The van der Waals surface area contributed by atoms with Gasteiger partial charge < -0.3 is 10.0 Å². The maximum absolute atomic E-state index is 13.1. The van der Waals surface area contributed by atoms with Gasteiger partial charge in [0, 0.05) is 45.0 Å². The summed E-state index contributed by atoms with van der Waals surface area (Å²) in [7, 11) is 0. The summed E-state index contributed by atoms with van der Waals surface area (Å²) in [5, 5.41) is 9.99. The fraction of sp³-hybridized carbons (Fsp3) is 0.650. The molecule has 0 radical (unpaired) electrons. The zero-order valence-corrected chi connectivity index (χ0v) is 15.7. The van der Waals surface area contributed by atoms with E-state index in [-0.39, 0.29) is 11.9 Å². The smallest absolute Gasteiger partial charge is 0.244 e. The second kappa shape index (κ2) is 7.44. The Bertz CT molecular complexity index is 586. The molecule has 0 spiro atoms. The highest BCUT2D eigenvalue weighted by Gasteiger charge is 2.35. The summed E-state index contributed by atoms with van der Waals surface area (Å²) < 4.78 is 0. The molecule has 0 saturated carbocycles. The molecular formula is C20H31N3O2. The minimum atomic E-state index is -0.662. The van der Waals surface area contributed by atoms with Crippen molar-refractivity contribution in [3.05, 3.63) is 29.8 Å². The minimum absolute atomic E-state index is 0.000611. The van der Waals surface area contributed by atoms with Crippen LogP contribution in [0.25, 0.3) is 0 Å². The van der Waals surface area contributed by atoms with Crippen LogP contribution in [0.5, 0.6) is 0 Å². The predicted octanol–water partition coefficient (Wildman–Crippen LogP) is 1.88. The van der Waals surface area contributed by atoms with Crippen LogP contribution in [-0.4, -0.2) is 71.7 Å². The summed E-state index contributed by atoms with van der Waals surface area (Å²) >= 11 is 0. The highest BCUT2D eigenvalue weighted by atomic mass is 16.3. The SMILES string of the molecule is Cc1ccc(N2CCCC(N3CCN(CC(C)(C)O)CC3)C2=O)cc1. The van der Waals surface area contributed by atoms with Gasteiger partial charge in [-0.2, -0.15) is 0 Å². The first kappa shape index (κ1) is 18.4. The van der Waals surface area contributed by atoms with E-state index in [2.05, 4.69) is 41.0 Å². The van der Waals surface area contributed by atoms with Gasteiger partial charge >= 0.3 is 0 Å². The molecule has 0 bridgehead atoms. The van der Waals surface area contributed by atoms with Crippen LogP contribution in [0.1, 0.15) is 32.3 Å². The Labute approximate surface area is 151 Å². The molecule has 138 valence electrons. The number of piperazine rings is 1. The van der Waals surface area contributed by atoms with Gasteiger partial charge in [-0.3, -0.25) is 14.6 Å². The maximum Gasteiger partial charge on any atom is 0.244 e. The van der Waals surface area contributed by atoms with Crippen LogP contribution in [-0.2, 0) is 4.79 Å². The van der Waals surface area contributed by atoms with Crippen LogP contribution in [0.2, 0.25) is 0 Å². The van der Waals surface area contributed by atoms with Gasteiger partial charge in [0.25, 0.3) is 0 Å². The third-order valence-electron chi connectivity index (χ3n) is 5.21. The van der Waals surface area contributed by atoms with E-state index in [4.69, 9.17) is 0 Å². The molecule has 5 nitrogen and oxygen atoms in total. The fourth-order valence-electron chi connectivity index (χ4n) is 3.96. The summed E-state index contributed by atoms with van der Waals surface area (Å²) in [6.45, 7) is 10.9. The Balaban J connectivity index is 1.61. The molecular weight excluding hydrogens is 314 g/mol. The highest BCUT2D eigenvalue weighted by Crippen LogP contribution is 2.25. The number of β-amino-alcohol motifs (C(OH)–C–C–N with tert-alkyl or cyclic N) is 1. The standard InChI is InChI=1S/C20H31N3O2/c1-16-6-8-17(9-7-16)23-10-4-5-18(19(23)24)22-13-11-21(12-14-22)15-20(2,3)25/h6-9,18,25H,4-5,10-15H2,1-3H3. The largest absolute Gasteiger partial charge is 0.389 e. The first-order valence-corrected chi connectivity index (χ1v) is 9.40. The van der Waals surface area contributed by atoms with Crippen LogP contribution < -0.4 is 4.90 Å². The monoisotopic (exact) mass is 345 g/mol. The third kappa shape index (κ3) is 4.60. The number of aryl methyl sites for hydroxylation is 1. The van der Waals surface area contributed by atoms with Gasteiger partial charge in [0.1, 0.15) is 0 Å². The Morgan fingerprint density at radius 2 is 1.72 bits per heavy atom. The number of hydrogen-bond donors (Lipinski definition) is 1. The molecule has 1 unspecified atom stereocenters. The molecule has 25 heavy (non-hydrogen) atoms. The second-order valence-electron chi connectivity index (χ2n) is 8.11. The molecule has 2 heterocycles. The Morgan fingerprint density at radius 1 is 1.08 bits per heavy atom. The van der Waals surface area contributed by atoms with Crippen molar-refractivity contribution >= 4 is 11.6 Å². The Hall–Kier alpha value is -1.43. The lowest BCUT2D eigenvalue weighted by atomic mass is 10.0. The number of nitrogens with zero attached hydrogens (tertiary/aromatic N) is 3. The lowest BCUT2D eigenvalue weighted by Crippen LogP contribution is -2.58. The van der Waals surface area contributed by atoms with Crippen molar-refractivity contribution in [2.45, 2.75) is 45.3 Å². The van der Waals surface area contributed by atoms with Crippen LogP contribution >= 0.6 is 0 Å². The molecule has 2 saturated heterocycles. The van der Waals surface area contributed by atoms with Crippen LogP contribution in [0.4, 0.5) is 5.69 Å². The average Bonchev–Trinajstić information content (AvgIpc) is 2.56. The minimum Gasteiger partial charge on any atom is -0.389 e. The van der Waals surface area contributed by atoms with Crippen molar-refractivity contribution in [2.24, 2.45) is 0 Å². The fourth-order valence-corrected chi connectivity index (χ4v) is 3.96. The number of anilines is 1. The molecule has 1 aromatic carbocycles. The van der Waals surface area contributed by atoms with Gasteiger partial charge in [-0.1, -0.05) is 17.7 Å². The van der Waals surface area contributed by atoms with E-state index < -0.39 is 5.60 Å².